The van der Waals surface area contributed by atoms with Crippen molar-refractivity contribution in [1.82, 2.24) is 14.6 Å². The number of rotatable bonds is 3. The van der Waals surface area contributed by atoms with Crippen molar-refractivity contribution < 1.29 is 9.53 Å². The molecule has 0 aliphatic carbocycles. The maximum Gasteiger partial charge on any atom is 0.340 e. The Kier molecular flexibility index (Phi) is 2.85. The van der Waals surface area contributed by atoms with E-state index >= 15 is 0 Å². The van der Waals surface area contributed by atoms with Crippen LogP contribution in [0.4, 0.5) is 0 Å². The Hall–Kier alpha value is -1.91. The summed E-state index contributed by atoms with van der Waals surface area (Å²) in [6, 6.07) is 0. The van der Waals surface area contributed by atoms with Gasteiger partial charge in [0.2, 0.25) is 0 Å². The Morgan fingerprint density at radius 3 is 3.00 bits per heavy atom. The molecular weight excluding hydrogens is 206 g/mol. The molecule has 84 valence electrons. The van der Waals surface area contributed by atoms with Crippen molar-refractivity contribution in [2.75, 3.05) is 6.61 Å². The fraction of sp³-hybridized carbons (Fsp3) is 0.364. The Labute approximate surface area is 93.1 Å². The molecule has 0 radical (unpaired) electrons. The summed E-state index contributed by atoms with van der Waals surface area (Å²) >= 11 is 0. The minimum absolute atomic E-state index is 0.301. The van der Waals surface area contributed by atoms with E-state index < -0.39 is 0 Å². The molecule has 0 saturated heterocycles. The van der Waals surface area contributed by atoms with Crippen molar-refractivity contribution in [3.8, 4) is 0 Å². The SMILES string of the molecule is CCOC(=O)c1cn2ncncc2c1CC. The van der Waals surface area contributed by atoms with Crippen molar-refractivity contribution in [1.29, 1.82) is 0 Å². The number of aryl methyl sites for hydroxylation is 1. The van der Waals surface area contributed by atoms with Crippen LogP contribution in [-0.2, 0) is 11.2 Å². The highest BCUT2D eigenvalue weighted by Gasteiger charge is 2.17. The van der Waals surface area contributed by atoms with Crippen LogP contribution in [-0.4, -0.2) is 27.2 Å². The van der Waals surface area contributed by atoms with E-state index in [1.165, 1.54) is 6.33 Å². The third-order valence-corrected chi connectivity index (χ3v) is 2.42. The average molecular weight is 219 g/mol. The largest absolute Gasteiger partial charge is 0.462 e. The van der Waals surface area contributed by atoms with Crippen LogP contribution in [0, 0.1) is 0 Å². The van der Waals surface area contributed by atoms with Crippen LogP contribution in [0.25, 0.3) is 5.52 Å². The van der Waals surface area contributed by atoms with Crippen molar-refractivity contribution >= 4 is 11.5 Å². The van der Waals surface area contributed by atoms with Gasteiger partial charge in [0.25, 0.3) is 0 Å². The summed E-state index contributed by atoms with van der Waals surface area (Å²) in [6.45, 7) is 4.16. The van der Waals surface area contributed by atoms with Crippen LogP contribution in [0.2, 0.25) is 0 Å². The quantitative estimate of drug-likeness (QED) is 0.733. The van der Waals surface area contributed by atoms with E-state index in [2.05, 4.69) is 10.1 Å². The van der Waals surface area contributed by atoms with Gasteiger partial charge in [-0.2, -0.15) is 5.10 Å². The molecule has 5 heteroatoms. The number of fused-ring (bicyclic) bond motifs is 1. The predicted molar refractivity (Wildman–Crippen MR) is 58.3 cm³/mol. The van der Waals surface area contributed by atoms with Gasteiger partial charge in [-0.15, -0.1) is 0 Å². The first kappa shape index (κ1) is 10.6. The van der Waals surface area contributed by atoms with Crippen molar-refractivity contribution in [3.63, 3.8) is 0 Å². The number of esters is 1. The molecule has 0 aromatic carbocycles. The van der Waals surface area contributed by atoms with Gasteiger partial charge < -0.3 is 4.74 Å². The van der Waals surface area contributed by atoms with Crippen LogP contribution in [0.1, 0.15) is 29.8 Å². The van der Waals surface area contributed by atoms with Gasteiger partial charge in [0.05, 0.1) is 23.9 Å². The number of carbonyl (C=O) groups is 1. The summed E-state index contributed by atoms with van der Waals surface area (Å²) in [5.74, 6) is -0.301. The van der Waals surface area contributed by atoms with Gasteiger partial charge in [0.15, 0.2) is 0 Å². The molecule has 5 nitrogen and oxygen atoms in total. The first-order chi connectivity index (χ1) is 7.77. The van der Waals surface area contributed by atoms with Gasteiger partial charge in [0, 0.05) is 6.20 Å². The zero-order valence-corrected chi connectivity index (χ0v) is 9.30. The third-order valence-electron chi connectivity index (χ3n) is 2.42. The first-order valence-corrected chi connectivity index (χ1v) is 5.25. The molecule has 0 aliphatic rings. The second-order valence-corrected chi connectivity index (χ2v) is 3.33. The highest BCUT2D eigenvalue weighted by Crippen LogP contribution is 2.18. The van der Waals surface area contributed by atoms with Crippen LogP contribution in [0.5, 0.6) is 0 Å². The smallest absolute Gasteiger partial charge is 0.340 e. The Balaban J connectivity index is 2.56. The van der Waals surface area contributed by atoms with E-state index in [9.17, 15) is 4.79 Å². The average Bonchev–Trinajstić information content (AvgIpc) is 2.67. The Morgan fingerprint density at radius 2 is 2.31 bits per heavy atom. The third kappa shape index (κ3) is 1.64. The Morgan fingerprint density at radius 1 is 1.50 bits per heavy atom. The lowest BCUT2D eigenvalue weighted by Crippen LogP contribution is -2.05. The number of hydrogen-bond acceptors (Lipinski definition) is 4. The molecule has 0 saturated carbocycles. The standard InChI is InChI=1S/C11H13N3O2/c1-3-8-9(11(15)16-4-2)6-14-10(8)5-12-7-13-14/h5-7H,3-4H2,1-2H3. The van der Waals surface area contributed by atoms with Crippen LogP contribution < -0.4 is 0 Å². The molecule has 0 aliphatic heterocycles. The fourth-order valence-corrected chi connectivity index (χ4v) is 1.72. The molecule has 2 rings (SSSR count). The lowest BCUT2D eigenvalue weighted by atomic mass is 10.1. The summed E-state index contributed by atoms with van der Waals surface area (Å²) < 4.78 is 6.65. The summed E-state index contributed by atoms with van der Waals surface area (Å²) in [4.78, 5) is 15.7. The van der Waals surface area contributed by atoms with Crippen LogP contribution in [0.3, 0.4) is 0 Å². The zero-order valence-electron chi connectivity index (χ0n) is 9.30. The second kappa shape index (κ2) is 4.30. The molecule has 2 aromatic rings. The monoisotopic (exact) mass is 219 g/mol. The minimum Gasteiger partial charge on any atom is -0.462 e. The maximum atomic E-state index is 11.7. The van der Waals surface area contributed by atoms with E-state index in [-0.39, 0.29) is 5.97 Å². The molecule has 2 aromatic heterocycles. The molecule has 0 atom stereocenters. The van der Waals surface area contributed by atoms with E-state index in [4.69, 9.17) is 4.74 Å². The molecule has 0 fully saturated rings. The van der Waals surface area contributed by atoms with Gasteiger partial charge in [-0.1, -0.05) is 6.92 Å². The van der Waals surface area contributed by atoms with E-state index in [1.807, 2.05) is 6.92 Å². The molecule has 0 amide bonds. The zero-order chi connectivity index (χ0) is 11.5. The number of ether oxygens (including phenoxy) is 1. The van der Waals surface area contributed by atoms with Crippen molar-refractivity contribution in [2.45, 2.75) is 20.3 Å². The van der Waals surface area contributed by atoms with Gasteiger partial charge >= 0.3 is 5.97 Å². The predicted octanol–water partition coefficient (Wildman–Crippen LogP) is 1.47. The molecule has 0 unspecified atom stereocenters. The summed E-state index contributed by atoms with van der Waals surface area (Å²) in [6.07, 6.45) is 5.59. The van der Waals surface area contributed by atoms with Crippen LogP contribution in [0.15, 0.2) is 18.7 Å². The van der Waals surface area contributed by atoms with E-state index in [0.29, 0.717) is 12.2 Å². The number of nitrogens with zero attached hydrogens (tertiary/aromatic N) is 3. The highest BCUT2D eigenvalue weighted by molar-refractivity contribution is 5.93. The Bertz CT molecular complexity index is 519. The van der Waals surface area contributed by atoms with E-state index in [1.54, 1.807) is 23.8 Å². The molecule has 0 bridgehead atoms. The summed E-state index contributed by atoms with van der Waals surface area (Å²) in [5, 5.41) is 4.05. The number of carbonyl (C=O) groups excluding carboxylic acids is 1. The normalized spacial score (nSPS) is 10.6. The molecule has 16 heavy (non-hydrogen) atoms. The van der Waals surface area contributed by atoms with E-state index in [0.717, 1.165) is 17.5 Å². The molecule has 0 spiro atoms. The number of aromatic nitrogens is 3. The lowest BCUT2D eigenvalue weighted by molar-refractivity contribution is 0.0525. The highest BCUT2D eigenvalue weighted by atomic mass is 16.5. The van der Waals surface area contributed by atoms with Gasteiger partial charge in [-0.25, -0.2) is 14.3 Å². The fourth-order valence-electron chi connectivity index (χ4n) is 1.72. The minimum atomic E-state index is -0.301. The lowest BCUT2D eigenvalue weighted by Gasteiger charge is -2.01. The second-order valence-electron chi connectivity index (χ2n) is 3.33. The van der Waals surface area contributed by atoms with Gasteiger partial charge in [0.1, 0.15) is 6.33 Å². The first-order valence-electron chi connectivity index (χ1n) is 5.25. The van der Waals surface area contributed by atoms with Crippen LogP contribution >= 0.6 is 0 Å². The molecule has 0 N–H and O–H groups in total. The number of hydrogen-bond donors (Lipinski definition) is 0. The molecule has 2 heterocycles. The van der Waals surface area contributed by atoms with Crippen molar-refractivity contribution in [2.24, 2.45) is 0 Å². The summed E-state index contributed by atoms with van der Waals surface area (Å²) in [7, 11) is 0. The summed E-state index contributed by atoms with van der Waals surface area (Å²) in [5.41, 5.74) is 2.36. The van der Waals surface area contributed by atoms with Crippen molar-refractivity contribution in [3.05, 3.63) is 29.8 Å². The topological polar surface area (TPSA) is 56.5 Å². The molecular formula is C11H13N3O2. The maximum absolute atomic E-state index is 11.7. The van der Waals surface area contributed by atoms with Gasteiger partial charge in [-0.3, -0.25) is 0 Å². The van der Waals surface area contributed by atoms with Gasteiger partial charge in [-0.05, 0) is 18.9 Å².